The van der Waals surface area contributed by atoms with E-state index in [1.165, 1.54) is 5.56 Å². The molecule has 2 heterocycles. The van der Waals surface area contributed by atoms with Gasteiger partial charge in [-0.15, -0.1) is 0 Å². The largest absolute Gasteiger partial charge is 0.440 e. The predicted octanol–water partition coefficient (Wildman–Crippen LogP) is 3.73. The Bertz CT molecular complexity index is 1060. The van der Waals surface area contributed by atoms with Crippen LogP contribution in [0.1, 0.15) is 36.6 Å². The maximum absolute atomic E-state index is 12.7. The molecule has 2 aliphatic rings. The smallest absolute Gasteiger partial charge is 0.229 e. The molecule has 1 unspecified atom stereocenters. The molecule has 1 saturated heterocycles. The third kappa shape index (κ3) is 3.88. The van der Waals surface area contributed by atoms with Crippen LogP contribution in [0.15, 0.2) is 52.9 Å². The van der Waals surface area contributed by atoms with Crippen molar-refractivity contribution in [1.82, 2.24) is 9.88 Å². The molecule has 0 radical (unpaired) electrons. The van der Waals surface area contributed by atoms with Crippen molar-refractivity contribution < 1.29 is 14.0 Å². The number of hydrogen-bond donors (Lipinski definition) is 1. The van der Waals surface area contributed by atoms with Crippen LogP contribution >= 0.6 is 0 Å². The van der Waals surface area contributed by atoms with E-state index >= 15 is 0 Å². The minimum atomic E-state index is -0.326. The summed E-state index contributed by atoms with van der Waals surface area (Å²) in [4.78, 5) is 31.4. The van der Waals surface area contributed by atoms with Crippen molar-refractivity contribution >= 4 is 28.6 Å². The summed E-state index contributed by atoms with van der Waals surface area (Å²) < 4.78 is 5.77. The fourth-order valence-corrected chi connectivity index (χ4v) is 3.84. The summed E-state index contributed by atoms with van der Waals surface area (Å²) >= 11 is 0. The monoisotopic (exact) mass is 389 g/mol. The number of nitrogens with zero attached hydrogens (tertiary/aromatic N) is 2. The number of carbonyl (C=O) groups is 2. The maximum Gasteiger partial charge on any atom is 0.229 e. The normalized spacial score (nSPS) is 19.1. The summed E-state index contributed by atoms with van der Waals surface area (Å²) in [5.74, 6) is 0.840. The van der Waals surface area contributed by atoms with Crippen molar-refractivity contribution in [2.24, 2.45) is 5.92 Å². The second-order valence-electron chi connectivity index (χ2n) is 7.97. The standard InChI is InChI=1S/C23H23N3O3/c27-21-12-17(14-26(21)11-10-15-4-2-1-3-5-15)22(28)24-18-8-9-20-19(13-18)25-23(29-20)16-6-7-16/h1-5,8-9,13,16-17H,6-7,10-12,14H2,(H,24,28). The number of benzene rings is 2. The van der Waals surface area contributed by atoms with E-state index in [2.05, 4.69) is 22.4 Å². The summed E-state index contributed by atoms with van der Waals surface area (Å²) in [6.07, 6.45) is 3.32. The molecule has 6 nitrogen and oxygen atoms in total. The van der Waals surface area contributed by atoms with Gasteiger partial charge in [0.2, 0.25) is 11.8 Å². The Morgan fingerprint density at radius 1 is 1.17 bits per heavy atom. The summed E-state index contributed by atoms with van der Waals surface area (Å²) in [5, 5.41) is 2.95. The minimum Gasteiger partial charge on any atom is -0.440 e. The number of amides is 2. The first-order valence-corrected chi connectivity index (χ1v) is 10.2. The van der Waals surface area contributed by atoms with Gasteiger partial charge in [0.1, 0.15) is 5.52 Å². The lowest BCUT2D eigenvalue weighted by Gasteiger charge is -2.16. The topological polar surface area (TPSA) is 75.4 Å². The van der Waals surface area contributed by atoms with Crippen molar-refractivity contribution in [3.8, 4) is 0 Å². The van der Waals surface area contributed by atoms with Crippen LogP contribution in [-0.4, -0.2) is 34.8 Å². The Balaban J connectivity index is 1.20. The van der Waals surface area contributed by atoms with E-state index in [-0.39, 0.29) is 24.2 Å². The van der Waals surface area contributed by atoms with Gasteiger partial charge < -0.3 is 14.6 Å². The van der Waals surface area contributed by atoms with Gasteiger partial charge in [-0.1, -0.05) is 30.3 Å². The molecule has 1 N–H and O–H groups in total. The second-order valence-corrected chi connectivity index (χ2v) is 7.97. The molecule has 1 aliphatic carbocycles. The molecule has 2 amide bonds. The van der Waals surface area contributed by atoms with E-state index in [0.717, 1.165) is 36.3 Å². The molecule has 29 heavy (non-hydrogen) atoms. The minimum absolute atomic E-state index is 0.0436. The Labute approximate surface area is 168 Å². The number of carbonyl (C=O) groups excluding carboxylic acids is 2. The van der Waals surface area contributed by atoms with Crippen LogP contribution < -0.4 is 5.32 Å². The third-order valence-corrected chi connectivity index (χ3v) is 5.70. The zero-order chi connectivity index (χ0) is 19.8. The van der Waals surface area contributed by atoms with E-state index in [1.807, 2.05) is 36.4 Å². The van der Waals surface area contributed by atoms with Gasteiger partial charge in [-0.05, 0) is 43.0 Å². The number of oxazole rings is 1. The Morgan fingerprint density at radius 3 is 2.79 bits per heavy atom. The molecule has 1 atom stereocenters. The van der Waals surface area contributed by atoms with Gasteiger partial charge in [0.25, 0.3) is 0 Å². The molecule has 5 rings (SSSR count). The summed E-state index contributed by atoms with van der Waals surface area (Å²) in [6.45, 7) is 1.11. The Hall–Kier alpha value is -3.15. The van der Waals surface area contributed by atoms with Crippen LogP contribution in [0.3, 0.4) is 0 Å². The first-order valence-electron chi connectivity index (χ1n) is 10.2. The number of aromatic nitrogens is 1. The van der Waals surface area contributed by atoms with Gasteiger partial charge in [-0.2, -0.15) is 0 Å². The highest BCUT2D eigenvalue weighted by atomic mass is 16.3. The molecule has 1 aromatic heterocycles. The number of likely N-dealkylation sites (tertiary alicyclic amines) is 1. The van der Waals surface area contributed by atoms with Crippen molar-refractivity contribution in [2.75, 3.05) is 18.4 Å². The molecule has 6 heteroatoms. The number of fused-ring (bicyclic) bond motifs is 1. The highest BCUT2D eigenvalue weighted by Crippen LogP contribution is 2.40. The van der Waals surface area contributed by atoms with Gasteiger partial charge in [-0.25, -0.2) is 4.98 Å². The SMILES string of the molecule is O=C(Nc1ccc2oc(C3CC3)nc2c1)C1CC(=O)N(CCc2ccccc2)C1. The van der Waals surface area contributed by atoms with Gasteiger partial charge in [0, 0.05) is 31.1 Å². The quantitative estimate of drug-likeness (QED) is 0.697. The van der Waals surface area contributed by atoms with Crippen molar-refractivity contribution in [3.63, 3.8) is 0 Å². The number of rotatable bonds is 6. The average molecular weight is 389 g/mol. The lowest BCUT2D eigenvalue weighted by Crippen LogP contribution is -2.30. The summed E-state index contributed by atoms with van der Waals surface area (Å²) in [7, 11) is 0. The molecule has 3 aromatic rings. The lowest BCUT2D eigenvalue weighted by atomic mass is 10.1. The third-order valence-electron chi connectivity index (χ3n) is 5.70. The predicted molar refractivity (Wildman–Crippen MR) is 109 cm³/mol. The Morgan fingerprint density at radius 2 is 2.00 bits per heavy atom. The average Bonchev–Trinajstić information content (AvgIpc) is 3.39. The van der Waals surface area contributed by atoms with Crippen LogP contribution in [0.2, 0.25) is 0 Å². The zero-order valence-corrected chi connectivity index (χ0v) is 16.1. The molecule has 2 aromatic carbocycles. The van der Waals surface area contributed by atoms with Gasteiger partial charge in [-0.3, -0.25) is 9.59 Å². The van der Waals surface area contributed by atoms with E-state index in [0.29, 0.717) is 24.7 Å². The fraction of sp³-hybridized carbons (Fsp3) is 0.348. The highest BCUT2D eigenvalue weighted by Gasteiger charge is 2.34. The van der Waals surface area contributed by atoms with E-state index in [1.54, 1.807) is 4.90 Å². The van der Waals surface area contributed by atoms with Crippen LogP contribution in [0.5, 0.6) is 0 Å². The molecular weight excluding hydrogens is 366 g/mol. The molecule has 1 aliphatic heterocycles. The molecule has 148 valence electrons. The van der Waals surface area contributed by atoms with E-state index in [4.69, 9.17) is 4.42 Å². The molecule has 1 saturated carbocycles. The van der Waals surface area contributed by atoms with Crippen molar-refractivity contribution in [3.05, 3.63) is 60.0 Å². The van der Waals surface area contributed by atoms with Crippen molar-refractivity contribution in [2.45, 2.75) is 31.6 Å². The van der Waals surface area contributed by atoms with Gasteiger partial charge in [0.05, 0.1) is 5.92 Å². The highest BCUT2D eigenvalue weighted by molar-refractivity contribution is 5.98. The molecule has 0 spiro atoms. The molecule has 2 fully saturated rings. The summed E-state index contributed by atoms with van der Waals surface area (Å²) in [6, 6.07) is 15.6. The molecule has 0 bridgehead atoms. The first kappa shape index (κ1) is 17.9. The van der Waals surface area contributed by atoms with Crippen molar-refractivity contribution in [1.29, 1.82) is 0 Å². The van der Waals surface area contributed by atoms with Gasteiger partial charge >= 0.3 is 0 Å². The Kier molecular flexibility index (Phi) is 4.54. The summed E-state index contributed by atoms with van der Waals surface area (Å²) in [5.41, 5.74) is 3.39. The van der Waals surface area contributed by atoms with Gasteiger partial charge in [0.15, 0.2) is 11.5 Å². The van der Waals surface area contributed by atoms with Crippen LogP contribution in [0.4, 0.5) is 5.69 Å². The second kappa shape index (κ2) is 7.35. The number of nitrogens with one attached hydrogen (secondary N) is 1. The molecular formula is C23H23N3O3. The van der Waals surface area contributed by atoms with Crippen LogP contribution in [0, 0.1) is 5.92 Å². The zero-order valence-electron chi connectivity index (χ0n) is 16.1. The van der Waals surface area contributed by atoms with E-state index in [9.17, 15) is 9.59 Å². The first-order chi connectivity index (χ1) is 14.2. The van der Waals surface area contributed by atoms with Crippen LogP contribution in [0.25, 0.3) is 11.1 Å². The fourth-order valence-electron chi connectivity index (χ4n) is 3.84. The van der Waals surface area contributed by atoms with E-state index < -0.39 is 0 Å². The number of anilines is 1. The maximum atomic E-state index is 12.7. The lowest BCUT2D eigenvalue weighted by molar-refractivity contribution is -0.128. The van der Waals surface area contributed by atoms with Crippen LogP contribution in [-0.2, 0) is 16.0 Å². The number of hydrogen-bond acceptors (Lipinski definition) is 4.